The molecular formula is C6H10NbO2. The van der Waals surface area contributed by atoms with Gasteiger partial charge in [0.2, 0.25) is 0 Å². The van der Waals surface area contributed by atoms with Crippen molar-refractivity contribution in [2.45, 2.75) is 12.8 Å². The summed E-state index contributed by atoms with van der Waals surface area (Å²) in [5.74, 6) is -1.15. The first-order chi connectivity index (χ1) is 3.72. The third-order valence-corrected chi connectivity index (χ3v) is 1.05. The average molecular weight is 207 g/mol. The van der Waals surface area contributed by atoms with Gasteiger partial charge >= 0.3 is 28.3 Å². The zero-order chi connectivity index (χ0) is 6.57. The number of carboxylic acids is 1. The Bertz CT molecular complexity index is 79.1. The van der Waals surface area contributed by atoms with Gasteiger partial charge in [0, 0.05) is 5.92 Å². The quantitative estimate of drug-likeness (QED) is 0.556. The number of hydrogen-bond donors (Lipinski definition) is 1. The zero-order valence-electron chi connectivity index (χ0n) is 5.21. The maximum Gasteiger partial charge on any atom is 2.00 e. The van der Waals surface area contributed by atoms with Gasteiger partial charge in [0.15, 0.2) is 0 Å². The monoisotopic (exact) mass is 207 g/mol. The molecule has 1 N–H and O–H groups in total. The van der Waals surface area contributed by atoms with Gasteiger partial charge in [-0.05, 0) is 0 Å². The van der Waals surface area contributed by atoms with Gasteiger partial charge in [-0.15, -0.1) is 0 Å². The Labute approximate surface area is 71.2 Å². The van der Waals surface area contributed by atoms with Crippen LogP contribution in [0.25, 0.3) is 0 Å². The first-order valence-corrected chi connectivity index (χ1v) is 2.53. The molecule has 9 heavy (non-hydrogen) atoms. The van der Waals surface area contributed by atoms with Crippen molar-refractivity contribution < 1.29 is 32.3 Å². The molecule has 0 bridgehead atoms. The number of carboxylic acid groups (broad SMARTS) is 1. The fraction of sp³-hybridized carbons (Fsp3) is 0.500. The van der Waals surface area contributed by atoms with E-state index in [2.05, 4.69) is 13.8 Å². The Hall–Kier alpha value is 0.210. The van der Waals surface area contributed by atoms with E-state index in [1.54, 1.807) is 0 Å². The molecule has 2 nitrogen and oxygen atoms in total. The van der Waals surface area contributed by atoms with Gasteiger partial charge in [-0.25, -0.2) is 0 Å². The smallest absolute Gasteiger partial charge is 0.481 e. The summed E-state index contributed by atoms with van der Waals surface area (Å²) >= 11 is 0. The summed E-state index contributed by atoms with van der Waals surface area (Å²) in [6.45, 7) is 6.91. The van der Waals surface area contributed by atoms with Crippen LogP contribution in [-0.4, -0.2) is 11.1 Å². The largest absolute Gasteiger partial charge is 2.00 e. The van der Waals surface area contributed by atoms with E-state index in [0.29, 0.717) is 12.8 Å². The second kappa shape index (κ2) is 6.33. The first kappa shape index (κ1) is 11.9. The Morgan fingerprint density at radius 2 is 1.78 bits per heavy atom. The number of hydrogen-bond acceptors (Lipinski definition) is 1. The molecule has 0 aliphatic carbocycles. The SMILES string of the molecule is [CH2-]CC(C[CH2-])C(=O)O.[Nb+2]. The van der Waals surface area contributed by atoms with E-state index in [1.165, 1.54) is 0 Å². The molecule has 0 aromatic carbocycles. The summed E-state index contributed by atoms with van der Waals surface area (Å²) in [6.07, 6.45) is 0.859. The van der Waals surface area contributed by atoms with Crippen molar-refractivity contribution in [2.75, 3.05) is 0 Å². The van der Waals surface area contributed by atoms with Gasteiger partial charge in [0.1, 0.15) is 0 Å². The third kappa shape index (κ3) is 4.70. The molecular weight excluding hydrogens is 197 g/mol. The molecule has 0 aromatic rings. The van der Waals surface area contributed by atoms with Crippen molar-refractivity contribution in [1.82, 2.24) is 0 Å². The van der Waals surface area contributed by atoms with Gasteiger partial charge in [-0.1, -0.05) is 0 Å². The second-order valence-electron chi connectivity index (χ2n) is 1.61. The van der Waals surface area contributed by atoms with E-state index in [-0.39, 0.29) is 28.3 Å². The van der Waals surface area contributed by atoms with Crippen LogP contribution >= 0.6 is 0 Å². The van der Waals surface area contributed by atoms with E-state index in [1.807, 2.05) is 0 Å². The van der Waals surface area contributed by atoms with E-state index in [9.17, 15) is 4.79 Å². The molecule has 0 heterocycles. The van der Waals surface area contributed by atoms with Gasteiger partial charge in [-0.2, -0.15) is 12.8 Å². The number of rotatable bonds is 3. The van der Waals surface area contributed by atoms with Crippen LogP contribution < -0.4 is 0 Å². The molecule has 0 saturated carbocycles. The zero-order valence-corrected chi connectivity index (χ0v) is 7.41. The summed E-state index contributed by atoms with van der Waals surface area (Å²) < 4.78 is 0. The molecule has 0 unspecified atom stereocenters. The molecule has 0 amide bonds. The van der Waals surface area contributed by atoms with Crippen LogP contribution in [-0.2, 0) is 27.2 Å². The fourth-order valence-electron chi connectivity index (χ4n) is 0.391. The van der Waals surface area contributed by atoms with Crippen molar-refractivity contribution in [3.8, 4) is 0 Å². The second-order valence-corrected chi connectivity index (χ2v) is 1.61. The van der Waals surface area contributed by atoms with Crippen LogP contribution in [0.3, 0.4) is 0 Å². The van der Waals surface area contributed by atoms with Gasteiger partial charge in [0.05, 0.1) is 0 Å². The molecule has 0 saturated heterocycles. The minimum Gasteiger partial charge on any atom is -0.481 e. The Balaban J connectivity index is 0. The fourth-order valence-corrected chi connectivity index (χ4v) is 0.391. The van der Waals surface area contributed by atoms with Crippen LogP contribution in [0, 0.1) is 19.8 Å². The van der Waals surface area contributed by atoms with Crippen LogP contribution in [0.4, 0.5) is 0 Å². The molecule has 0 atom stereocenters. The normalized spacial score (nSPS) is 8.78. The Morgan fingerprint density at radius 1 is 1.44 bits per heavy atom. The van der Waals surface area contributed by atoms with Gasteiger partial charge < -0.3 is 19.0 Å². The van der Waals surface area contributed by atoms with Crippen molar-refractivity contribution >= 4 is 5.97 Å². The Morgan fingerprint density at radius 3 is 1.78 bits per heavy atom. The molecule has 3 heteroatoms. The summed E-state index contributed by atoms with van der Waals surface area (Å²) in [7, 11) is 0. The summed E-state index contributed by atoms with van der Waals surface area (Å²) in [6, 6.07) is 0. The predicted octanol–water partition coefficient (Wildman–Crippen LogP) is 1.13. The molecule has 1 radical (unpaired) electrons. The van der Waals surface area contributed by atoms with Crippen LogP contribution in [0.1, 0.15) is 12.8 Å². The van der Waals surface area contributed by atoms with Gasteiger partial charge in [-0.3, -0.25) is 4.79 Å². The van der Waals surface area contributed by atoms with E-state index in [0.717, 1.165) is 0 Å². The molecule has 51 valence electrons. The van der Waals surface area contributed by atoms with Crippen molar-refractivity contribution in [3.63, 3.8) is 0 Å². The van der Waals surface area contributed by atoms with Crippen LogP contribution in [0.15, 0.2) is 0 Å². The number of aliphatic carboxylic acids is 1. The minimum absolute atomic E-state index is 0. The van der Waals surface area contributed by atoms with E-state index >= 15 is 0 Å². The molecule has 0 aliphatic heterocycles. The summed E-state index contributed by atoms with van der Waals surface area (Å²) in [5, 5.41) is 8.29. The molecule has 0 spiro atoms. The van der Waals surface area contributed by atoms with Crippen LogP contribution in [0.5, 0.6) is 0 Å². The molecule has 0 fully saturated rings. The number of carbonyl (C=O) groups is 1. The van der Waals surface area contributed by atoms with Crippen molar-refractivity contribution in [3.05, 3.63) is 13.8 Å². The topological polar surface area (TPSA) is 37.3 Å². The van der Waals surface area contributed by atoms with Crippen LogP contribution in [0.2, 0.25) is 0 Å². The molecule has 0 rings (SSSR count). The molecule has 0 aromatic heterocycles. The summed E-state index contributed by atoms with van der Waals surface area (Å²) in [5.41, 5.74) is 0. The Kier molecular flexibility index (Phi) is 8.40. The van der Waals surface area contributed by atoms with E-state index < -0.39 is 5.97 Å². The minimum atomic E-state index is -0.796. The maximum atomic E-state index is 10.1. The summed E-state index contributed by atoms with van der Waals surface area (Å²) in [4.78, 5) is 10.1. The molecule has 0 aliphatic rings. The standard InChI is InChI=1S/C6H10O2.Nb/c1-3-5(4-2)6(7)8;/h5H,1-4H2,(H,7,8);/q-2;+2. The predicted molar refractivity (Wildman–Crippen MR) is 31.1 cm³/mol. The average Bonchev–Trinajstić information content (AvgIpc) is 1.69. The third-order valence-electron chi connectivity index (χ3n) is 1.05. The van der Waals surface area contributed by atoms with Crippen molar-refractivity contribution in [2.24, 2.45) is 5.92 Å². The van der Waals surface area contributed by atoms with E-state index in [4.69, 9.17) is 5.11 Å². The van der Waals surface area contributed by atoms with Crippen molar-refractivity contribution in [1.29, 1.82) is 0 Å². The first-order valence-electron chi connectivity index (χ1n) is 2.53. The van der Waals surface area contributed by atoms with Gasteiger partial charge in [0.25, 0.3) is 0 Å². The maximum absolute atomic E-state index is 10.1.